The summed E-state index contributed by atoms with van der Waals surface area (Å²) in [6, 6.07) is 15.2. The molecular weight excluding hydrogens is 310 g/mol. The van der Waals surface area contributed by atoms with E-state index in [0.29, 0.717) is 17.9 Å². The topological polar surface area (TPSA) is 30.5 Å². The Bertz CT molecular complexity index is 779. The molecule has 2 aromatic rings. The smallest absolute Gasteiger partial charge is 0.120 e. The SMILES string of the molecule is COc1ccc(C2Nc3ccc(OC(C)C)cc3C3C=CCC32)cc1. The predicted octanol–water partition coefficient (Wildman–Crippen LogP) is 5.31. The number of anilines is 1. The highest BCUT2D eigenvalue weighted by atomic mass is 16.5. The number of ether oxygens (including phenoxy) is 2. The number of fused-ring (bicyclic) bond motifs is 3. The van der Waals surface area contributed by atoms with Gasteiger partial charge in [-0.3, -0.25) is 0 Å². The van der Waals surface area contributed by atoms with Crippen molar-refractivity contribution in [2.24, 2.45) is 5.92 Å². The summed E-state index contributed by atoms with van der Waals surface area (Å²) in [7, 11) is 1.71. The Hall–Kier alpha value is -2.42. The monoisotopic (exact) mass is 335 g/mol. The average molecular weight is 335 g/mol. The molecule has 3 atom stereocenters. The molecule has 3 unspecified atom stereocenters. The van der Waals surface area contributed by atoms with Gasteiger partial charge in [0, 0.05) is 11.6 Å². The summed E-state index contributed by atoms with van der Waals surface area (Å²) in [5.74, 6) is 2.84. The number of allylic oxidation sites excluding steroid dienone is 2. The van der Waals surface area contributed by atoms with Crippen molar-refractivity contribution in [3.05, 3.63) is 65.7 Å². The molecule has 0 bridgehead atoms. The lowest BCUT2D eigenvalue weighted by atomic mass is 9.77. The van der Waals surface area contributed by atoms with Gasteiger partial charge in [-0.25, -0.2) is 0 Å². The van der Waals surface area contributed by atoms with Gasteiger partial charge in [0.15, 0.2) is 0 Å². The minimum Gasteiger partial charge on any atom is -0.497 e. The zero-order valence-corrected chi connectivity index (χ0v) is 15.0. The third-order valence-electron chi connectivity index (χ3n) is 5.18. The van der Waals surface area contributed by atoms with Gasteiger partial charge in [0.25, 0.3) is 0 Å². The Kier molecular flexibility index (Phi) is 4.16. The van der Waals surface area contributed by atoms with Crippen molar-refractivity contribution in [1.29, 1.82) is 0 Å². The van der Waals surface area contributed by atoms with Crippen LogP contribution in [0.4, 0.5) is 5.69 Å². The summed E-state index contributed by atoms with van der Waals surface area (Å²) >= 11 is 0. The fourth-order valence-corrected chi connectivity index (χ4v) is 4.06. The van der Waals surface area contributed by atoms with Crippen molar-refractivity contribution in [3.8, 4) is 11.5 Å². The molecule has 0 spiro atoms. The molecule has 0 fully saturated rings. The Morgan fingerprint density at radius 1 is 1.04 bits per heavy atom. The van der Waals surface area contributed by atoms with Gasteiger partial charge < -0.3 is 14.8 Å². The minimum atomic E-state index is 0.191. The standard InChI is InChI=1S/C22H25NO2/c1-14(2)25-17-11-12-21-20(13-17)18-5-4-6-19(18)22(23-21)15-7-9-16(24-3)10-8-15/h4-5,7-14,18-19,22-23H,6H2,1-3H3. The van der Waals surface area contributed by atoms with Crippen molar-refractivity contribution in [2.45, 2.75) is 38.3 Å². The molecule has 3 nitrogen and oxygen atoms in total. The van der Waals surface area contributed by atoms with Crippen LogP contribution in [0.3, 0.4) is 0 Å². The van der Waals surface area contributed by atoms with Crippen LogP contribution < -0.4 is 14.8 Å². The molecule has 1 aliphatic heterocycles. The van der Waals surface area contributed by atoms with Gasteiger partial charge in [-0.2, -0.15) is 0 Å². The van der Waals surface area contributed by atoms with E-state index in [1.165, 1.54) is 16.8 Å². The highest BCUT2D eigenvalue weighted by Crippen LogP contribution is 2.50. The summed E-state index contributed by atoms with van der Waals surface area (Å²) < 4.78 is 11.2. The van der Waals surface area contributed by atoms with Crippen molar-refractivity contribution in [1.82, 2.24) is 0 Å². The second-order valence-corrected chi connectivity index (χ2v) is 7.16. The van der Waals surface area contributed by atoms with E-state index >= 15 is 0 Å². The molecule has 0 amide bonds. The van der Waals surface area contributed by atoms with Crippen LogP contribution in [-0.2, 0) is 0 Å². The van der Waals surface area contributed by atoms with E-state index in [4.69, 9.17) is 9.47 Å². The quantitative estimate of drug-likeness (QED) is 0.768. The van der Waals surface area contributed by atoms with Crippen LogP contribution in [0.5, 0.6) is 11.5 Å². The fourth-order valence-electron chi connectivity index (χ4n) is 4.06. The second kappa shape index (κ2) is 6.47. The summed E-state index contributed by atoms with van der Waals surface area (Å²) in [5.41, 5.74) is 3.87. The van der Waals surface area contributed by atoms with Crippen molar-refractivity contribution >= 4 is 5.69 Å². The van der Waals surface area contributed by atoms with Crippen LogP contribution in [0, 0.1) is 5.92 Å². The predicted molar refractivity (Wildman–Crippen MR) is 102 cm³/mol. The second-order valence-electron chi connectivity index (χ2n) is 7.16. The van der Waals surface area contributed by atoms with E-state index in [9.17, 15) is 0 Å². The first kappa shape index (κ1) is 16.1. The van der Waals surface area contributed by atoms with E-state index in [2.05, 4.69) is 61.6 Å². The number of benzene rings is 2. The van der Waals surface area contributed by atoms with Gasteiger partial charge in [-0.05, 0) is 67.6 Å². The zero-order valence-electron chi connectivity index (χ0n) is 15.0. The molecule has 1 aliphatic carbocycles. The van der Waals surface area contributed by atoms with Crippen LogP contribution in [-0.4, -0.2) is 13.2 Å². The first-order chi connectivity index (χ1) is 12.2. The fraction of sp³-hybridized carbons (Fsp3) is 0.364. The summed E-state index contributed by atoms with van der Waals surface area (Å²) in [6.45, 7) is 4.13. The number of rotatable bonds is 4. The molecule has 0 saturated heterocycles. The maximum atomic E-state index is 5.90. The van der Waals surface area contributed by atoms with Crippen molar-refractivity contribution in [3.63, 3.8) is 0 Å². The maximum Gasteiger partial charge on any atom is 0.120 e. The van der Waals surface area contributed by atoms with Crippen molar-refractivity contribution in [2.75, 3.05) is 12.4 Å². The molecule has 1 N–H and O–H groups in total. The summed E-state index contributed by atoms with van der Waals surface area (Å²) in [6.07, 6.45) is 5.97. The van der Waals surface area contributed by atoms with E-state index in [1.54, 1.807) is 7.11 Å². The molecular formula is C22H25NO2. The van der Waals surface area contributed by atoms with E-state index < -0.39 is 0 Å². The number of nitrogens with one attached hydrogen (secondary N) is 1. The normalized spacial score (nSPS) is 23.8. The van der Waals surface area contributed by atoms with Gasteiger partial charge in [-0.1, -0.05) is 24.3 Å². The van der Waals surface area contributed by atoms with Crippen LogP contribution in [0.2, 0.25) is 0 Å². The Morgan fingerprint density at radius 2 is 1.80 bits per heavy atom. The molecule has 2 aliphatic rings. The Balaban J connectivity index is 1.68. The highest BCUT2D eigenvalue weighted by Gasteiger charge is 2.38. The summed E-state index contributed by atoms with van der Waals surface area (Å²) in [5, 5.41) is 3.77. The van der Waals surface area contributed by atoms with Crippen LogP contribution in [0.15, 0.2) is 54.6 Å². The highest BCUT2D eigenvalue weighted by molar-refractivity contribution is 5.61. The molecule has 2 aromatic carbocycles. The summed E-state index contributed by atoms with van der Waals surface area (Å²) in [4.78, 5) is 0. The first-order valence-electron chi connectivity index (χ1n) is 9.03. The van der Waals surface area contributed by atoms with Crippen LogP contribution in [0.25, 0.3) is 0 Å². The molecule has 0 saturated carbocycles. The number of methoxy groups -OCH3 is 1. The first-order valence-corrected chi connectivity index (χ1v) is 9.03. The number of hydrogen-bond donors (Lipinski definition) is 1. The van der Waals surface area contributed by atoms with E-state index in [1.807, 2.05) is 12.1 Å². The number of hydrogen-bond acceptors (Lipinski definition) is 3. The molecule has 0 aromatic heterocycles. The zero-order chi connectivity index (χ0) is 17.4. The van der Waals surface area contributed by atoms with Gasteiger partial charge in [0.05, 0.1) is 19.3 Å². The van der Waals surface area contributed by atoms with E-state index in [0.717, 1.165) is 17.9 Å². The van der Waals surface area contributed by atoms with Gasteiger partial charge in [0.1, 0.15) is 11.5 Å². The molecule has 1 heterocycles. The molecule has 25 heavy (non-hydrogen) atoms. The molecule has 4 rings (SSSR count). The van der Waals surface area contributed by atoms with Gasteiger partial charge >= 0.3 is 0 Å². The lowest BCUT2D eigenvalue weighted by molar-refractivity contribution is 0.242. The van der Waals surface area contributed by atoms with Crippen LogP contribution in [0.1, 0.15) is 43.4 Å². The van der Waals surface area contributed by atoms with Gasteiger partial charge in [-0.15, -0.1) is 0 Å². The largest absolute Gasteiger partial charge is 0.497 e. The van der Waals surface area contributed by atoms with Crippen LogP contribution >= 0.6 is 0 Å². The third kappa shape index (κ3) is 2.99. The third-order valence-corrected chi connectivity index (χ3v) is 5.18. The lowest BCUT2D eigenvalue weighted by Gasteiger charge is -2.37. The molecule has 3 heteroatoms. The molecule has 130 valence electrons. The Morgan fingerprint density at radius 3 is 2.52 bits per heavy atom. The minimum absolute atomic E-state index is 0.191. The molecule has 0 radical (unpaired) electrons. The average Bonchev–Trinajstić information content (AvgIpc) is 3.11. The van der Waals surface area contributed by atoms with Gasteiger partial charge in [0.2, 0.25) is 0 Å². The van der Waals surface area contributed by atoms with Crippen molar-refractivity contribution < 1.29 is 9.47 Å². The maximum absolute atomic E-state index is 5.90. The Labute approximate surface area is 149 Å². The van der Waals surface area contributed by atoms with E-state index in [-0.39, 0.29) is 6.10 Å². The lowest BCUT2D eigenvalue weighted by Crippen LogP contribution is -2.29.